The molecule has 1 nitrogen and oxygen atoms in total. The Labute approximate surface area is 109 Å². The first-order valence-electron chi connectivity index (χ1n) is 5.41. The second-order valence-corrected chi connectivity index (χ2v) is 5.58. The molecule has 0 aliphatic carbocycles. The number of alkyl halides is 1. The first kappa shape index (κ1) is 12.3. The molecule has 0 saturated carbocycles. The molecule has 1 unspecified atom stereocenters. The minimum absolute atomic E-state index is 0.424. The number of hydrogen-bond donors (Lipinski definition) is 0. The zero-order chi connectivity index (χ0) is 12.1. The molecule has 0 aliphatic heterocycles. The van der Waals surface area contributed by atoms with Crippen LogP contribution in [0.25, 0.3) is 11.1 Å². The van der Waals surface area contributed by atoms with Gasteiger partial charge in [0.2, 0.25) is 0 Å². The zero-order valence-electron chi connectivity index (χ0n) is 9.30. The van der Waals surface area contributed by atoms with Gasteiger partial charge in [-0.1, -0.05) is 42.5 Å². The zero-order valence-corrected chi connectivity index (χ0v) is 10.9. The van der Waals surface area contributed by atoms with E-state index in [1.54, 1.807) is 0 Å². The van der Waals surface area contributed by atoms with E-state index in [-0.39, 0.29) is 0 Å². The lowest BCUT2D eigenvalue weighted by atomic mass is 10.1. The summed E-state index contributed by atoms with van der Waals surface area (Å²) in [6.07, 6.45) is 0. The van der Waals surface area contributed by atoms with Gasteiger partial charge in [0.05, 0.1) is 10.8 Å². The van der Waals surface area contributed by atoms with Crippen LogP contribution in [0.15, 0.2) is 59.5 Å². The Morgan fingerprint density at radius 2 is 1.47 bits per heavy atom. The minimum atomic E-state index is -0.980. The SMILES string of the molecule is O=S(CCCl)c1ccc(-c2ccccc2)cc1. The molecule has 0 fully saturated rings. The summed E-state index contributed by atoms with van der Waals surface area (Å²) in [7, 11) is -0.980. The molecular formula is C14H13ClOS. The van der Waals surface area contributed by atoms with Gasteiger partial charge in [-0.15, -0.1) is 11.6 Å². The van der Waals surface area contributed by atoms with E-state index >= 15 is 0 Å². The topological polar surface area (TPSA) is 17.1 Å². The number of rotatable bonds is 4. The van der Waals surface area contributed by atoms with Gasteiger partial charge in [-0.25, -0.2) is 0 Å². The largest absolute Gasteiger partial charge is 0.254 e. The van der Waals surface area contributed by atoms with Crippen LogP contribution < -0.4 is 0 Å². The lowest BCUT2D eigenvalue weighted by molar-refractivity contribution is 0.684. The van der Waals surface area contributed by atoms with Crippen molar-refractivity contribution in [1.82, 2.24) is 0 Å². The highest BCUT2D eigenvalue weighted by molar-refractivity contribution is 7.85. The summed E-state index contributed by atoms with van der Waals surface area (Å²) in [6, 6.07) is 17.9. The lowest BCUT2D eigenvalue weighted by Crippen LogP contribution is -1.98. The molecule has 0 amide bonds. The molecule has 0 N–H and O–H groups in total. The maximum Gasteiger partial charge on any atom is 0.0541 e. The van der Waals surface area contributed by atoms with Crippen molar-refractivity contribution in [3.63, 3.8) is 0 Å². The maximum atomic E-state index is 11.7. The molecule has 2 rings (SSSR count). The van der Waals surface area contributed by atoms with Gasteiger partial charge < -0.3 is 0 Å². The van der Waals surface area contributed by atoms with Gasteiger partial charge in [0.1, 0.15) is 0 Å². The van der Waals surface area contributed by atoms with Gasteiger partial charge in [-0.2, -0.15) is 0 Å². The first-order valence-corrected chi connectivity index (χ1v) is 7.26. The molecule has 0 saturated heterocycles. The normalized spacial score (nSPS) is 12.3. The lowest BCUT2D eigenvalue weighted by Gasteiger charge is -2.03. The highest BCUT2D eigenvalue weighted by Gasteiger charge is 2.03. The monoisotopic (exact) mass is 264 g/mol. The fraction of sp³-hybridized carbons (Fsp3) is 0.143. The van der Waals surface area contributed by atoms with Gasteiger partial charge in [0.25, 0.3) is 0 Å². The van der Waals surface area contributed by atoms with E-state index in [0.29, 0.717) is 11.6 Å². The van der Waals surface area contributed by atoms with Gasteiger partial charge in [0.15, 0.2) is 0 Å². The highest BCUT2D eigenvalue weighted by atomic mass is 35.5. The fourth-order valence-electron chi connectivity index (χ4n) is 1.62. The molecule has 0 aliphatic rings. The number of hydrogen-bond acceptors (Lipinski definition) is 1. The Hall–Kier alpha value is -1.12. The van der Waals surface area contributed by atoms with Crippen LogP contribution in [0.4, 0.5) is 0 Å². The summed E-state index contributed by atoms with van der Waals surface area (Å²) in [5, 5.41) is 0. The van der Waals surface area contributed by atoms with Crippen molar-refractivity contribution in [3.8, 4) is 11.1 Å². The summed E-state index contributed by atoms with van der Waals surface area (Å²) in [5.41, 5.74) is 2.30. The summed E-state index contributed by atoms with van der Waals surface area (Å²) in [5.74, 6) is 0.930. The molecule has 17 heavy (non-hydrogen) atoms. The van der Waals surface area contributed by atoms with Crippen LogP contribution in [0, 0.1) is 0 Å². The molecule has 2 aromatic carbocycles. The summed E-state index contributed by atoms with van der Waals surface area (Å²) >= 11 is 5.58. The Balaban J connectivity index is 2.22. The predicted molar refractivity (Wildman–Crippen MR) is 73.9 cm³/mol. The van der Waals surface area contributed by atoms with Crippen LogP contribution in [0.1, 0.15) is 0 Å². The molecule has 0 aromatic heterocycles. The van der Waals surface area contributed by atoms with Gasteiger partial charge in [0, 0.05) is 16.5 Å². The molecule has 0 bridgehead atoms. The average molecular weight is 265 g/mol. The van der Waals surface area contributed by atoms with Crippen molar-refractivity contribution in [2.24, 2.45) is 0 Å². The van der Waals surface area contributed by atoms with Crippen LogP contribution in [0.5, 0.6) is 0 Å². The molecule has 0 radical (unpaired) electrons. The number of halogens is 1. The molecule has 2 aromatic rings. The third-order valence-corrected chi connectivity index (χ3v) is 4.27. The Morgan fingerprint density at radius 3 is 2.06 bits per heavy atom. The van der Waals surface area contributed by atoms with Crippen LogP contribution >= 0.6 is 11.6 Å². The minimum Gasteiger partial charge on any atom is -0.254 e. The second kappa shape index (κ2) is 5.99. The fourth-order valence-corrected chi connectivity index (χ4v) is 2.85. The Kier molecular flexibility index (Phi) is 4.35. The average Bonchev–Trinajstić information content (AvgIpc) is 2.40. The first-order chi connectivity index (χ1) is 8.31. The van der Waals surface area contributed by atoms with E-state index in [2.05, 4.69) is 12.1 Å². The molecule has 0 heterocycles. The van der Waals surface area contributed by atoms with Crippen molar-refractivity contribution in [2.75, 3.05) is 11.6 Å². The van der Waals surface area contributed by atoms with E-state index in [1.165, 1.54) is 5.56 Å². The van der Waals surface area contributed by atoms with Crippen molar-refractivity contribution in [3.05, 3.63) is 54.6 Å². The van der Waals surface area contributed by atoms with E-state index in [1.807, 2.05) is 42.5 Å². The Morgan fingerprint density at radius 1 is 0.882 bits per heavy atom. The van der Waals surface area contributed by atoms with Gasteiger partial charge >= 0.3 is 0 Å². The van der Waals surface area contributed by atoms with Gasteiger partial charge in [-0.05, 0) is 23.3 Å². The Bertz CT molecular complexity index is 493. The second-order valence-electron chi connectivity index (χ2n) is 3.63. The number of benzene rings is 2. The maximum absolute atomic E-state index is 11.7. The highest BCUT2D eigenvalue weighted by Crippen LogP contribution is 2.20. The van der Waals surface area contributed by atoms with Gasteiger partial charge in [-0.3, -0.25) is 4.21 Å². The van der Waals surface area contributed by atoms with Crippen molar-refractivity contribution in [1.29, 1.82) is 0 Å². The van der Waals surface area contributed by atoms with Crippen LogP contribution in [-0.4, -0.2) is 15.8 Å². The predicted octanol–water partition coefficient (Wildman–Crippen LogP) is 3.70. The summed E-state index contributed by atoms with van der Waals surface area (Å²) < 4.78 is 11.7. The quantitative estimate of drug-likeness (QED) is 0.770. The molecule has 0 spiro atoms. The third-order valence-electron chi connectivity index (χ3n) is 2.49. The van der Waals surface area contributed by atoms with E-state index in [4.69, 9.17) is 11.6 Å². The van der Waals surface area contributed by atoms with Crippen molar-refractivity contribution in [2.45, 2.75) is 4.90 Å². The third kappa shape index (κ3) is 3.18. The molecule has 1 atom stereocenters. The van der Waals surface area contributed by atoms with Crippen molar-refractivity contribution >= 4 is 22.4 Å². The van der Waals surface area contributed by atoms with Crippen molar-refractivity contribution < 1.29 is 4.21 Å². The van der Waals surface area contributed by atoms with E-state index in [0.717, 1.165) is 10.5 Å². The van der Waals surface area contributed by atoms with Crippen LogP contribution in [0.3, 0.4) is 0 Å². The van der Waals surface area contributed by atoms with E-state index < -0.39 is 10.8 Å². The standard InChI is InChI=1S/C14H13ClOS/c15-10-11-17(16)14-8-6-13(7-9-14)12-4-2-1-3-5-12/h1-9H,10-11H2. The van der Waals surface area contributed by atoms with E-state index in [9.17, 15) is 4.21 Å². The molecule has 88 valence electrons. The molecule has 3 heteroatoms. The smallest absolute Gasteiger partial charge is 0.0541 e. The molecular weight excluding hydrogens is 252 g/mol. The summed E-state index contributed by atoms with van der Waals surface area (Å²) in [4.78, 5) is 0.838. The summed E-state index contributed by atoms with van der Waals surface area (Å²) in [6.45, 7) is 0. The van der Waals surface area contributed by atoms with Crippen LogP contribution in [0.2, 0.25) is 0 Å². The van der Waals surface area contributed by atoms with Crippen LogP contribution in [-0.2, 0) is 10.8 Å².